The molecule has 1 fully saturated rings. The molecule has 0 atom stereocenters. The second-order valence-corrected chi connectivity index (χ2v) is 6.84. The number of benzene rings is 2. The van der Waals surface area contributed by atoms with Crippen molar-refractivity contribution in [1.29, 1.82) is 0 Å². The summed E-state index contributed by atoms with van der Waals surface area (Å²) in [6.07, 6.45) is 2.07. The molecule has 1 saturated carbocycles. The van der Waals surface area contributed by atoms with E-state index < -0.39 is 0 Å². The molecule has 2 amide bonds. The SMILES string of the molecule is COc1ccc(CN(C(=O)Nc2cccc(-c3nnnn3C)c2)C2CC2)cc1. The minimum Gasteiger partial charge on any atom is -0.497 e. The number of carbonyl (C=O) groups excluding carboxylic acids is 1. The summed E-state index contributed by atoms with van der Waals surface area (Å²) in [5.74, 6) is 1.45. The van der Waals surface area contributed by atoms with Crippen molar-refractivity contribution in [2.24, 2.45) is 7.05 Å². The Morgan fingerprint density at radius 1 is 1.25 bits per heavy atom. The molecular formula is C20H22N6O2. The van der Waals surface area contributed by atoms with Gasteiger partial charge in [-0.2, -0.15) is 0 Å². The van der Waals surface area contributed by atoms with Gasteiger partial charge in [0.1, 0.15) is 5.75 Å². The lowest BCUT2D eigenvalue weighted by Gasteiger charge is -2.23. The average molecular weight is 378 g/mol. The molecule has 1 aliphatic rings. The van der Waals surface area contributed by atoms with Crippen molar-refractivity contribution in [2.45, 2.75) is 25.4 Å². The molecule has 8 heteroatoms. The Morgan fingerprint density at radius 2 is 2.04 bits per heavy atom. The fourth-order valence-electron chi connectivity index (χ4n) is 3.09. The number of nitrogens with zero attached hydrogens (tertiary/aromatic N) is 5. The molecule has 1 aromatic heterocycles. The molecule has 0 spiro atoms. The Morgan fingerprint density at radius 3 is 2.68 bits per heavy atom. The first-order chi connectivity index (χ1) is 13.6. The van der Waals surface area contributed by atoms with Gasteiger partial charge in [0.15, 0.2) is 5.82 Å². The van der Waals surface area contributed by atoms with E-state index in [2.05, 4.69) is 20.8 Å². The van der Waals surface area contributed by atoms with E-state index in [-0.39, 0.29) is 12.1 Å². The number of aryl methyl sites for hydroxylation is 1. The molecule has 0 unspecified atom stereocenters. The summed E-state index contributed by atoms with van der Waals surface area (Å²) in [4.78, 5) is 14.8. The molecule has 3 aromatic rings. The average Bonchev–Trinajstić information content (AvgIpc) is 3.46. The Hall–Kier alpha value is -3.42. The summed E-state index contributed by atoms with van der Waals surface area (Å²) in [7, 11) is 3.43. The molecule has 0 aliphatic heterocycles. The molecule has 28 heavy (non-hydrogen) atoms. The second-order valence-electron chi connectivity index (χ2n) is 6.84. The summed E-state index contributed by atoms with van der Waals surface area (Å²) in [5, 5.41) is 14.5. The zero-order chi connectivity index (χ0) is 19.5. The molecule has 4 rings (SSSR count). The number of amides is 2. The van der Waals surface area contributed by atoms with E-state index in [1.807, 2.05) is 53.4 Å². The van der Waals surface area contributed by atoms with Gasteiger partial charge in [-0.3, -0.25) is 0 Å². The molecule has 1 aliphatic carbocycles. The third kappa shape index (κ3) is 3.95. The van der Waals surface area contributed by atoms with Crippen molar-refractivity contribution in [1.82, 2.24) is 25.1 Å². The van der Waals surface area contributed by atoms with Crippen LogP contribution < -0.4 is 10.1 Å². The largest absolute Gasteiger partial charge is 0.497 e. The number of rotatable bonds is 6. The minimum absolute atomic E-state index is 0.105. The van der Waals surface area contributed by atoms with Crippen LogP contribution in [0.3, 0.4) is 0 Å². The number of ether oxygens (including phenoxy) is 1. The molecule has 144 valence electrons. The smallest absolute Gasteiger partial charge is 0.322 e. The molecule has 1 N–H and O–H groups in total. The maximum Gasteiger partial charge on any atom is 0.322 e. The molecular weight excluding hydrogens is 356 g/mol. The van der Waals surface area contributed by atoms with Crippen LogP contribution in [0.5, 0.6) is 5.75 Å². The summed E-state index contributed by atoms with van der Waals surface area (Å²) < 4.78 is 6.80. The van der Waals surface area contributed by atoms with E-state index in [0.717, 1.165) is 29.7 Å². The van der Waals surface area contributed by atoms with Crippen LogP contribution in [0.4, 0.5) is 10.5 Å². The fraction of sp³-hybridized carbons (Fsp3) is 0.300. The molecule has 1 heterocycles. The minimum atomic E-state index is -0.105. The predicted octanol–water partition coefficient (Wildman–Crippen LogP) is 3.08. The summed E-state index contributed by atoms with van der Waals surface area (Å²) in [6, 6.07) is 15.5. The van der Waals surface area contributed by atoms with Crippen LogP contribution in [0.2, 0.25) is 0 Å². The van der Waals surface area contributed by atoms with Gasteiger partial charge >= 0.3 is 6.03 Å². The molecule has 0 saturated heterocycles. The molecule has 0 radical (unpaired) electrons. The number of carbonyl (C=O) groups is 1. The van der Waals surface area contributed by atoms with Crippen molar-refractivity contribution in [3.63, 3.8) is 0 Å². The zero-order valence-electron chi connectivity index (χ0n) is 15.9. The van der Waals surface area contributed by atoms with Crippen molar-refractivity contribution in [3.8, 4) is 17.1 Å². The standard InChI is InChI=1S/C20H22N6O2/c1-25-19(22-23-24-25)15-4-3-5-16(12-15)21-20(27)26(17-8-9-17)13-14-6-10-18(28-2)11-7-14/h3-7,10-12,17H,8-9,13H2,1-2H3,(H,21,27). The number of hydrogen-bond donors (Lipinski definition) is 1. The number of tetrazole rings is 1. The van der Waals surface area contributed by atoms with Crippen LogP contribution in [0.15, 0.2) is 48.5 Å². The van der Waals surface area contributed by atoms with Gasteiger partial charge in [0.05, 0.1) is 7.11 Å². The van der Waals surface area contributed by atoms with Crippen LogP contribution in [0, 0.1) is 0 Å². The van der Waals surface area contributed by atoms with Crippen molar-refractivity contribution < 1.29 is 9.53 Å². The number of anilines is 1. The van der Waals surface area contributed by atoms with E-state index in [0.29, 0.717) is 18.1 Å². The van der Waals surface area contributed by atoms with Crippen LogP contribution in [-0.2, 0) is 13.6 Å². The molecule has 2 aromatic carbocycles. The Kier molecular flexibility index (Phi) is 4.92. The van der Waals surface area contributed by atoms with Gasteiger partial charge in [0, 0.05) is 30.9 Å². The first-order valence-electron chi connectivity index (χ1n) is 9.17. The maximum absolute atomic E-state index is 12.9. The van der Waals surface area contributed by atoms with Crippen molar-refractivity contribution in [2.75, 3.05) is 12.4 Å². The van der Waals surface area contributed by atoms with E-state index in [1.165, 1.54) is 0 Å². The monoisotopic (exact) mass is 378 g/mol. The second kappa shape index (κ2) is 7.67. The topological polar surface area (TPSA) is 85.2 Å². The summed E-state index contributed by atoms with van der Waals surface area (Å²) in [6.45, 7) is 0.563. The van der Waals surface area contributed by atoms with E-state index >= 15 is 0 Å². The maximum atomic E-state index is 12.9. The Labute approximate surface area is 163 Å². The zero-order valence-corrected chi connectivity index (χ0v) is 15.9. The quantitative estimate of drug-likeness (QED) is 0.712. The molecule has 8 nitrogen and oxygen atoms in total. The number of aromatic nitrogens is 4. The lowest BCUT2D eigenvalue weighted by atomic mass is 10.2. The van der Waals surface area contributed by atoms with Crippen molar-refractivity contribution >= 4 is 11.7 Å². The first kappa shape index (κ1) is 18.0. The van der Waals surface area contributed by atoms with Gasteiger partial charge in [-0.05, 0) is 53.1 Å². The number of nitrogens with one attached hydrogen (secondary N) is 1. The van der Waals surface area contributed by atoms with E-state index in [1.54, 1.807) is 18.8 Å². The third-order valence-corrected chi connectivity index (χ3v) is 4.75. The van der Waals surface area contributed by atoms with Gasteiger partial charge in [0.2, 0.25) is 0 Å². The normalized spacial score (nSPS) is 13.2. The third-order valence-electron chi connectivity index (χ3n) is 4.75. The van der Waals surface area contributed by atoms with Crippen LogP contribution in [0.25, 0.3) is 11.4 Å². The highest BCUT2D eigenvalue weighted by atomic mass is 16.5. The van der Waals surface area contributed by atoms with Gasteiger partial charge in [-0.15, -0.1) is 5.10 Å². The number of urea groups is 1. The highest BCUT2D eigenvalue weighted by molar-refractivity contribution is 5.90. The van der Waals surface area contributed by atoms with Crippen LogP contribution in [-0.4, -0.2) is 44.3 Å². The highest BCUT2D eigenvalue weighted by Crippen LogP contribution is 2.30. The summed E-state index contributed by atoms with van der Waals surface area (Å²) in [5.41, 5.74) is 2.63. The van der Waals surface area contributed by atoms with Crippen LogP contribution >= 0.6 is 0 Å². The Bertz CT molecular complexity index is 965. The highest BCUT2D eigenvalue weighted by Gasteiger charge is 2.32. The van der Waals surface area contributed by atoms with Gasteiger partial charge in [0.25, 0.3) is 0 Å². The predicted molar refractivity (Wildman–Crippen MR) is 105 cm³/mol. The lowest BCUT2D eigenvalue weighted by Crippen LogP contribution is -2.36. The van der Waals surface area contributed by atoms with E-state index in [4.69, 9.17) is 4.74 Å². The number of methoxy groups -OCH3 is 1. The van der Waals surface area contributed by atoms with E-state index in [9.17, 15) is 4.79 Å². The van der Waals surface area contributed by atoms with Gasteiger partial charge in [-0.1, -0.05) is 24.3 Å². The Balaban J connectivity index is 1.48. The van der Waals surface area contributed by atoms with Gasteiger partial charge in [-0.25, -0.2) is 9.48 Å². The fourth-order valence-corrected chi connectivity index (χ4v) is 3.09. The molecule has 0 bridgehead atoms. The number of hydrogen-bond acceptors (Lipinski definition) is 5. The first-order valence-corrected chi connectivity index (χ1v) is 9.17. The lowest BCUT2D eigenvalue weighted by molar-refractivity contribution is 0.206. The summed E-state index contributed by atoms with van der Waals surface area (Å²) >= 11 is 0. The van der Waals surface area contributed by atoms with Crippen LogP contribution in [0.1, 0.15) is 18.4 Å². The van der Waals surface area contributed by atoms with Gasteiger partial charge < -0.3 is 15.0 Å². The van der Waals surface area contributed by atoms with Crippen molar-refractivity contribution in [3.05, 3.63) is 54.1 Å².